The molecule has 120 valence electrons. The number of ether oxygens (including phenoxy) is 1. The number of benzene rings is 1. The van der Waals surface area contributed by atoms with Gasteiger partial charge in [0.1, 0.15) is 12.4 Å². The molecule has 0 bridgehead atoms. The summed E-state index contributed by atoms with van der Waals surface area (Å²) in [4.78, 5) is 0. The molecule has 0 fully saturated rings. The summed E-state index contributed by atoms with van der Waals surface area (Å²) in [6, 6.07) is 7.77. The molecule has 0 saturated carbocycles. The van der Waals surface area contributed by atoms with Crippen molar-refractivity contribution in [1.29, 1.82) is 0 Å². The van der Waals surface area contributed by atoms with Gasteiger partial charge in [0.05, 0.1) is 6.61 Å². The zero-order chi connectivity index (χ0) is 16.5. The second-order valence-electron chi connectivity index (χ2n) is 3.53. The van der Waals surface area contributed by atoms with E-state index in [9.17, 15) is 16.8 Å². The molecular weight excluding hydrogens is 324 g/mol. The van der Waals surface area contributed by atoms with Gasteiger partial charge in [-0.25, -0.2) is 0 Å². The molecular formula is C11H16O8S2. The van der Waals surface area contributed by atoms with E-state index in [1.165, 1.54) is 0 Å². The number of aliphatic hydroxyl groups is 1. The molecule has 0 aliphatic heterocycles. The molecule has 0 aromatic heterocycles. The average Bonchev–Trinajstić information content (AvgIpc) is 2.36. The molecule has 0 atom stereocenters. The summed E-state index contributed by atoms with van der Waals surface area (Å²) < 4.78 is 57.8. The number of allylic oxidation sites excluding steroid dienone is 1. The molecule has 1 rings (SSSR count). The Labute approximate surface area is 122 Å². The fraction of sp³-hybridized carbons (Fsp3) is 0.273. The lowest BCUT2D eigenvalue weighted by Crippen LogP contribution is -2.11. The van der Waals surface area contributed by atoms with Gasteiger partial charge in [0.25, 0.3) is 0 Å². The molecule has 1 aromatic carbocycles. The van der Waals surface area contributed by atoms with Gasteiger partial charge in [-0.1, -0.05) is 24.3 Å². The Morgan fingerprint density at radius 3 is 2.05 bits per heavy atom. The van der Waals surface area contributed by atoms with Crippen LogP contribution in [0.1, 0.15) is 5.56 Å². The number of rotatable bonds is 6. The lowest BCUT2D eigenvalue weighted by atomic mass is 10.1. The van der Waals surface area contributed by atoms with Crippen molar-refractivity contribution in [3.05, 3.63) is 42.5 Å². The highest BCUT2D eigenvalue weighted by Gasteiger charge is 2.22. The van der Waals surface area contributed by atoms with Crippen LogP contribution in [0, 0.1) is 0 Å². The third-order valence-corrected chi connectivity index (χ3v) is 4.08. The van der Waals surface area contributed by atoms with E-state index in [0.29, 0.717) is 6.61 Å². The highest BCUT2D eigenvalue weighted by Crippen LogP contribution is 2.18. The second-order valence-corrected chi connectivity index (χ2v) is 7.77. The quantitative estimate of drug-likeness (QED) is 0.386. The molecule has 0 amide bonds. The number of hydrogen-bond acceptors (Lipinski definition) is 6. The molecule has 3 N–H and O–H groups in total. The molecule has 0 heterocycles. The van der Waals surface area contributed by atoms with E-state index in [-0.39, 0.29) is 6.61 Å². The van der Waals surface area contributed by atoms with Gasteiger partial charge in [0.15, 0.2) is 0 Å². The Morgan fingerprint density at radius 2 is 1.62 bits per heavy atom. The van der Waals surface area contributed by atoms with Crippen LogP contribution in [-0.2, 0) is 24.7 Å². The molecule has 0 unspecified atom stereocenters. The maximum atomic E-state index is 9.37. The van der Waals surface area contributed by atoms with E-state index in [4.69, 9.17) is 18.9 Å². The fourth-order valence-electron chi connectivity index (χ4n) is 1.12. The van der Waals surface area contributed by atoms with Crippen LogP contribution in [0.15, 0.2) is 36.9 Å². The second kappa shape index (κ2) is 8.74. The molecule has 0 spiro atoms. The summed E-state index contributed by atoms with van der Waals surface area (Å²) in [5.74, 6) is 0.830. The lowest BCUT2D eigenvalue weighted by molar-refractivity contribution is 0.200. The summed E-state index contributed by atoms with van der Waals surface area (Å²) in [5.41, 5.74) is 1.10. The molecule has 0 aliphatic rings. The third kappa shape index (κ3) is 7.78. The number of aliphatic hydroxyl groups excluding tert-OH is 1. The van der Waals surface area contributed by atoms with E-state index in [1.807, 2.05) is 30.3 Å². The van der Waals surface area contributed by atoms with Gasteiger partial charge in [0, 0.05) is 0 Å². The standard InChI is InChI=1S/C11H14O2.H2O6S2/c1-2-5-10-6-3-4-7-11(10)13-9-8-12;1-7(2,3)8(4,5)6/h2-4,6-7,12H,1,5,8-9H2;(H,1,2,3)(H,4,5,6). The first-order valence-electron chi connectivity index (χ1n) is 5.50. The first-order valence-corrected chi connectivity index (χ1v) is 8.90. The molecule has 1 aromatic rings. The third-order valence-electron chi connectivity index (χ3n) is 1.95. The molecule has 21 heavy (non-hydrogen) atoms. The maximum Gasteiger partial charge on any atom is 0.397 e. The molecule has 0 radical (unpaired) electrons. The van der Waals surface area contributed by atoms with E-state index in [1.54, 1.807) is 0 Å². The van der Waals surface area contributed by atoms with E-state index < -0.39 is 18.3 Å². The Hall–Kier alpha value is -1.46. The number of hydrogen-bond donors (Lipinski definition) is 3. The Kier molecular flexibility index (Phi) is 8.14. The molecule has 0 saturated heterocycles. The van der Waals surface area contributed by atoms with Crippen molar-refractivity contribution in [3.8, 4) is 5.75 Å². The Balaban J connectivity index is 0.000000433. The van der Waals surface area contributed by atoms with Crippen molar-refractivity contribution in [2.45, 2.75) is 6.42 Å². The highest BCUT2D eigenvalue weighted by atomic mass is 33.2. The van der Waals surface area contributed by atoms with Gasteiger partial charge in [-0.05, 0) is 18.1 Å². The van der Waals surface area contributed by atoms with Gasteiger partial charge in [-0.2, -0.15) is 16.8 Å². The zero-order valence-electron chi connectivity index (χ0n) is 10.9. The van der Waals surface area contributed by atoms with Crippen molar-refractivity contribution in [1.82, 2.24) is 0 Å². The average molecular weight is 340 g/mol. The predicted octanol–water partition coefficient (Wildman–Crippen LogP) is 0.463. The zero-order valence-corrected chi connectivity index (χ0v) is 12.5. The summed E-state index contributed by atoms with van der Waals surface area (Å²) in [6.45, 7) is 4.06. The predicted molar refractivity (Wildman–Crippen MR) is 76.0 cm³/mol. The summed E-state index contributed by atoms with van der Waals surface area (Å²) in [6.07, 6.45) is 2.63. The number of para-hydroxylation sites is 1. The monoisotopic (exact) mass is 340 g/mol. The van der Waals surface area contributed by atoms with E-state index >= 15 is 0 Å². The summed E-state index contributed by atoms with van der Waals surface area (Å²) in [7, 11) is -10.6. The highest BCUT2D eigenvalue weighted by molar-refractivity contribution is 8.62. The van der Waals surface area contributed by atoms with Crippen LogP contribution in [0.4, 0.5) is 0 Å². The van der Waals surface area contributed by atoms with Crippen LogP contribution in [0.2, 0.25) is 0 Å². The van der Waals surface area contributed by atoms with Crippen LogP contribution in [-0.4, -0.2) is 44.3 Å². The van der Waals surface area contributed by atoms with Crippen LogP contribution in [0.25, 0.3) is 0 Å². The van der Waals surface area contributed by atoms with Gasteiger partial charge in [0.2, 0.25) is 0 Å². The maximum absolute atomic E-state index is 9.37. The fourth-order valence-corrected chi connectivity index (χ4v) is 1.12. The van der Waals surface area contributed by atoms with Crippen LogP contribution in [0.5, 0.6) is 5.75 Å². The largest absolute Gasteiger partial charge is 0.491 e. The van der Waals surface area contributed by atoms with Gasteiger partial charge < -0.3 is 9.84 Å². The summed E-state index contributed by atoms with van der Waals surface area (Å²) in [5, 5.41) is 8.60. The van der Waals surface area contributed by atoms with Crippen molar-refractivity contribution < 1.29 is 35.8 Å². The minimum atomic E-state index is -5.31. The van der Waals surface area contributed by atoms with Crippen molar-refractivity contribution in [2.75, 3.05) is 13.2 Å². The van der Waals surface area contributed by atoms with Gasteiger partial charge in [-0.15, -0.1) is 6.58 Å². The van der Waals surface area contributed by atoms with Crippen LogP contribution in [0.3, 0.4) is 0 Å². The first-order chi connectivity index (χ1) is 9.63. The topological polar surface area (TPSA) is 138 Å². The molecule has 10 heteroatoms. The van der Waals surface area contributed by atoms with Crippen molar-refractivity contribution in [3.63, 3.8) is 0 Å². The molecule has 8 nitrogen and oxygen atoms in total. The SMILES string of the molecule is C=CCc1ccccc1OCCO.O=S(=O)(O)S(=O)(=O)O. The summed E-state index contributed by atoms with van der Waals surface area (Å²) >= 11 is 0. The van der Waals surface area contributed by atoms with Gasteiger partial charge >= 0.3 is 18.3 Å². The Bertz CT molecular complexity index is 619. The minimum absolute atomic E-state index is 0.0441. The first kappa shape index (κ1) is 19.5. The Morgan fingerprint density at radius 1 is 1.10 bits per heavy atom. The normalized spacial score (nSPS) is 11.2. The van der Waals surface area contributed by atoms with Gasteiger partial charge in [-0.3, -0.25) is 9.11 Å². The smallest absolute Gasteiger partial charge is 0.397 e. The van der Waals surface area contributed by atoms with E-state index in [2.05, 4.69) is 6.58 Å². The van der Waals surface area contributed by atoms with Crippen LogP contribution >= 0.6 is 0 Å². The van der Waals surface area contributed by atoms with Crippen molar-refractivity contribution >= 4 is 18.3 Å². The van der Waals surface area contributed by atoms with Crippen LogP contribution < -0.4 is 4.74 Å². The lowest BCUT2D eigenvalue weighted by Gasteiger charge is -2.08. The minimum Gasteiger partial charge on any atom is -0.491 e. The van der Waals surface area contributed by atoms with Crippen molar-refractivity contribution in [2.24, 2.45) is 0 Å². The molecule has 0 aliphatic carbocycles. The van der Waals surface area contributed by atoms with E-state index in [0.717, 1.165) is 17.7 Å².